The molecule has 0 bridgehead atoms. The standard InChI is InChI=1S/C16H25N2O/c1-14(2)12-17-8-10-18(11-9-17)13-15-4-6-16(19-3)7-5-15/h4-7H,8-13H2,1-3H3. The Kier molecular flexibility index (Phi) is 5.23. The Morgan fingerprint density at radius 3 is 2.11 bits per heavy atom. The lowest BCUT2D eigenvalue weighted by molar-refractivity contribution is 0.131. The van der Waals surface area contributed by atoms with Gasteiger partial charge in [-0.05, 0) is 23.6 Å². The molecule has 0 aliphatic carbocycles. The zero-order chi connectivity index (χ0) is 13.7. The minimum absolute atomic E-state index is 0.933. The largest absolute Gasteiger partial charge is 0.497 e. The van der Waals surface area contributed by atoms with E-state index in [1.54, 1.807) is 7.11 Å². The number of nitrogens with zero attached hydrogens (tertiary/aromatic N) is 2. The molecule has 105 valence electrons. The van der Waals surface area contributed by atoms with E-state index in [1.807, 2.05) is 12.1 Å². The lowest BCUT2D eigenvalue weighted by Gasteiger charge is -2.35. The zero-order valence-corrected chi connectivity index (χ0v) is 12.4. The maximum absolute atomic E-state index is 5.19. The second-order valence-electron chi connectivity index (χ2n) is 5.61. The number of piperazine rings is 1. The van der Waals surface area contributed by atoms with Crippen LogP contribution >= 0.6 is 0 Å². The highest BCUT2D eigenvalue weighted by Gasteiger charge is 2.17. The van der Waals surface area contributed by atoms with Gasteiger partial charge in [-0.15, -0.1) is 0 Å². The maximum Gasteiger partial charge on any atom is 0.118 e. The topological polar surface area (TPSA) is 15.7 Å². The van der Waals surface area contributed by atoms with Gasteiger partial charge in [0.2, 0.25) is 0 Å². The Morgan fingerprint density at radius 1 is 1.00 bits per heavy atom. The van der Waals surface area contributed by atoms with Crippen molar-refractivity contribution >= 4 is 0 Å². The minimum atomic E-state index is 0.933. The molecule has 3 heteroatoms. The van der Waals surface area contributed by atoms with Crippen LogP contribution in [0, 0.1) is 5.92 Å². The molecule has 0 spiro atoms. The predicted octanol–water partition coefficient (Wildman–Crippen LogP) is 2.43. The molecule has 1 aromatic rings. The van der Waals surface area contributed by atoms with Crippen molar-refractivity contribution in [2.45, 2.75) is 20.4 Å². The van der Waals surface area contributed by atoms with E-state index in [2.05, 4.69) is 35.8 Å². The monoisotopic (exact) mass is 261 g/mol. The second-order valence-corrected chi connectivity index (χ2v) is 5.61. The lowest BCUT2D eigenvalue weighted by atomic mass is 10.1. The normalized spacial score (nSPS) is 17.9. The Labute approximate surface area is 117 Å². The molecule has 1 fully saturated rings. The first-order chi connectivity index (χ1) is 9.17. The van der Waals surface area contributed by atoms with Gasteiger partial charge >= 0.3 is 0 Å². The summed E-state index contributed by atoms with van der Waals surface area (Å²) >= 11 is 0. The molecular formula is C16H25N2O. The molecule has 0 aromatic heterocycles. The van der Waals surface area contributed by atoms with Gasteiger partial charge in [-0.2, -0.15) is 0 Å². The van der Waals surface area contributed by atoms with E-state index in [-0.39, 0.29) is 0 Å². The molecule has 0 saturated carbocycles. The summed E-state index contributed by atoms with van der Waals surface area (Å²) in [5.74, 6) is 2.44. The second kappa shape index (κ2) is 6.92. The fourth-order valence-corrected chi connectivity index (χ4v) is 2.54. The van der Waals surface area contributed by atoms with Gasteiger partial charge < -0.3 is 9.64 Å². The summed E-state index contributed by atoms with van der Waals surface area (Å²) in [7, 11) is 1.71. The molecule has 3 nitrogen and oxygen atoms in total. The molecule has 19 heavy (non-hydrogen) atoms. The molecule has 0 unspecified atom stereocenters. The number of ether oxygens (including phenoxy) is 1. The molecule has 2 rings (SSSR count). The first kappa shape index (κ1) is 14.4. The first-order valence-electron chi connectivity index (χ1n) is 7.04. The van der Waals surface area contributed by atoms with E-state index in [4.69, 9.17) is 4.74 Å². The summed E-state index contributed by atoms with van der Waals surface area (Å²) in [5, 5.41) is 0. The van der Waals surface area contributed by atoms with Crippen LogP contribution in [0.25, 0.3) is 0 Å². The van der Waals surface area contributed by atoms with E-state index in [0.717, 1.165) is 18.8 Å². The average Bonchev–Trinajstić information content (AvgIpc) is 2.41. The van der Waals surface area contributed by atoms with E-state index in [0.29, 0.717) is 0 Å². The molecule has 0 amide bonds. The van der Waals surface area contributed by atoms with Crippen LogP contribution in [0.1, 0.15) is 19.4 Å². The SMILES string of the molecule is COc1ccc(CN2CCN(C[C](C)C)CC2)cc1. The Balaban J connectivity index is 1.78. The minimum Gasteiger partial charge on any atom is -0.497 e. The van der Waals surface area contributed by atoms with Crippen molar-refractivity contribution in [2.24, 2.45) is 0 Å². The fourth-order valence-electron chi connectivity index (χ4n) is 2.54. The van der Waals surface area contributed by atoms with Crippen molar-refractivity contribution in [3.63, 3.8) is 0 Å². The van der Waals surface area contributed by atoms with Crippen LogP contribution in [0.2, 0.25) is 0 Å². The summed E-state index contributed by atoms with van der Waals surface area (Å²) in [4.78, 5) is 5.07. The predicted molar refractivity (Wildman–Crippen MR) is 79.3 cm³/mol. The van der Waals surface area contributed by atoms with Gasteiger partial charge in [0, 0.05) is 39.3 Å². The van der Waals surface area contributed by atoms with Gasteiger partial charge in [-0.1, -0.05) is 26.0 Å². The molecular weight excluding hydrogens is 236 g/mol. The lowest BCUT2D eigenvalue weighted by Crippen LogP contribution is -2.46. The summed E-state index contributed by atoms with van der Waals surface area (Å²) in [5.41, 5.74) is 1.37. The molecule has 1 heterocycles. The fraction of sp³-hybridized carbons (Fsp3) is 0.562. The Morgan fingerprint density at radius 2 is 1.58 bits per heavy atom. The molecule has 1 aliphatic heterocycles. The van der Waals surface area contributed by atoms with Gasteiger partial charge in [-0.25, -0.2) is 0 Å². The van der Waals surface area contributed by atoms with Gasteiger partial charge in [0.25, 0.3) is 0 Å². The maximum atomic E-state index is 5.19. The van der Waals surface area contributed by atoms with Crippen LogP contribution in [0.3, 0.4) is 0 Å². The summed E-state index contributed by atoms with van der Waals surface area (Å²) in [6.45, 7) is 11.3. The van der Waals surface area contributed by atoms with Crippen LogP contribution < -0.4 is 4.74 Å². The van der Waals surface area contributed by atoms with Crippen molar-refractivity contribution in [3.05, 3.63) is 35.7 Å². The highest BCUT2D eigenvalue weighted by atomic mass is 16.5. The molecule has 1 aliphatic rings. The summed E-state index contributed by atoms with van der Waals surface area (Å²) in [6, 6.07) is 8.41. The number of hydrogen-bond donors (Lipinski definition) is 0. The van der Waals surface area contributed by atoms with Gasteiger partial charge in [0.1, 0.15) is 5.75 Å². The summed E-state index contributed by atoms with van der Waals surface area (Å²) < 4.78 is 5.19. The van der Waals surface area contributed by atoms with Crippen LogP contribution in [0.15, 0.2) is 24.3 Å². The zero-order valence-electron chi connectivity index (χ0n) is 12.4. The Hall–Kier alpha value is -1.06. The smallest absolute Gasteiger partial charge is 0.118 e. The summed E-state index contributed by atoms with van der Waals surface area (Å²) in [6.07, 6.45) is 0. The third kappa shape index (κ3) is 4.51. The highest BCUT2D eigenvalue weighted by molar-refractivity contribution is 5.27. The molecule has 0 N–H and O–H groups in total. The highest BCUT2D eigenvalue weighted by Crippen LogP contribution is 2.14. The third-order valence-corrected chi connectivity index (χ3v) is 3.57. The van der Waals surface area contributed by atoms with Crippen molar-refractivity contribution in [3.8, 4) is 5.75 Å². The van der Waals surface area contributed by atoms with Crippen molar-refractivity contribution in [2.75, 3.05) is 39.8 Å². The molecule has 1 saturated heterocycles. The quantitative estimate of drug-likeness (QED) is 0.809. The molecule has 1 aromatic carbocycles. The third-order valence-electron chi connectivity index (χ3n) is 3.57. The van der Waals surface area contributed by atoms with E-state index in [9.17, 15) is 0 Å². The van der Waals surface area contributed by atoms with Crippen LogP contribution in [0.5, 0.6) is 5.75 Å². The van der Waals surface area contributed by atoms with Gasteiger partial charge in [-0.3, -0.25) is 4.90 Å². The van der Waals surface area contributed by atoms with Crippen molar-refractivity contribution in [1.29, 1.82) is 0 Å². The van der Waals surface area contributed by atoms with Crippen LogP contribution in [-0.4, -0.2) is 49.6 Å². The Bertz CT molecular complexity index is 367. The van der Waals surface area contributed by atoms with E-state index < -0.39 is 0 Å². The van der Waals surface area contributed by atoms with E-state index in [1.165, 1.54) is 37.7 Å². The van der Waals surface area contributed by atoms with Gasteiger partial charge in [0.15, 0.2) is 0 Å². The number of rotatable bonds is 5. The number of benzene rings is 1. The van der Waals surface area contributed by atoms with Crippen molar-refractivity contribution < 1.29 is 4.74 Å². The molecule has 1 radical (unpaired) electrons. The van der Waals surface area contributed by atoms with E-state index >= 15 is 0 Å². The van der Waals surface area contributed by atoms with Crippen LogP contribution in [0.4, 0.5) is 0 Å². The van der Waals surface area contributed by atoms with Crippen LogP contribution in [-0.2, 0) is 6.54 Å². The van der Waals surface area contributed by atoms with Crippen molar-refractivity contribution in [1.82, 2.24) is 9.80 Å². The van der Waals surface area contributed by atoms with Gasteiger partial charge in [0.05, 0.1) is 7.11 Å². The molecule has 0 atom stereocenters. The first-order valence-corrected chi connectivity index (χ1v) is 7.04. The number of hydrogen-bond acceptors (Lipinski definition) is 3. The number of methoxy groups -OCH3 is 1. The average molecular weight is 261 g/mol.